The van der Waals surface area contributed by atoms with E-state index in [0.29, 0.717) is 12.1 Å². The highest BCUT2D eigenvalue weighted by molar-refractivity contribution is 7.99. The molecule has 2 heterocycles. The first kappa shape index (κ1) is 26.2. The lowest BCUT2D eigenvalue weighted by molar-refractivity contribution is 0.0955. The lowest BCUT2D eigenvalue weighted by atomic mass is 10.1. The Morgan fingerprint density at radius 1 is 1.00 bits per heavy atom. The second-order valence-corrected chi connectivity index (χ2v) is 10.2. The van der Waals surface area contributed by atoms with Crippen LogP contribution in [0.15, 0.2) is 99.9 Å². The van der Waals surface area contributed by atoms with Gasteiger partial charge in [-0.3, -0.25) is 14.9 Å². The van der Waals surface area contributed by atoms with Crippen LogP contribution in [-0.2, 0) is 0 Å². The number of hydrogen-bond donors (Lipinski definition) is 2. The molecule has 0 unspecified atom stereocenters. The van der Waals surface area contributed by atoms with Gasteiger partial charge in [0.25, 0.3) is 5.91 Å². The van der Waals surface area contributed by atoms with Gasteiger partial charge in [0.05, 0.1) is 22.5 Å². The van der Waals surface area contributed by atoms with Crippen molar-refractivity contribution in [2.24, 2.45) is 0 Å². The molecule has 0 radical (unpaired) electrons. The quantitative estimate of drug-likeness (QED) is 0.215. The van der Waals surface area contributed by atoms with Crippen LogP contribution in [0.2, 0.25) is 0 Å². The number of carbonyl (C=O) groups is 1. The highest BCUT2D eigenvalue weighted by atomic mass is 32.2. The number of allylic oxidation sites excluding steroid dienone is 3. The molecule has 0 aliphatic heterocycles. The molecule has 0 saturated carbocycles. The highest BCUT2D eigenvalue weighted by Crippen LogP contribution is 2.33. The van der Waals surface area contributed by atoms with E-state index >= 15 is 0 Å². The van der Waals surface area contributed by atoms with Crippen LogP contribution in [0.1, 0.15) is 55.4 Å². The van der Waals surface area contributed by atoms with E-state index in [2.05, 4.69) is 71.6 Å². The van der Waals surface area contributed by atoms with Crippen LogP contribution < -0.4 is 5.32 Å². The van der Waals surface area contributed by atoms with Crippen molar-refractivity contribution in [1.82, 2.24) is 20.5 Å². The van der Waals surface area contributed by atoms with Crippen LogP contribution in [-0.4, -0.2) is 27.6 Å². The minimum atomic E-state index is -0.0685. The molecular formula is C31H32N4OS. The van der Waals surface area contributed by atoms with Crippen LogP contribution in [0.3, 0.4) is 0 Å². The fourth-order valence-electron chi connectivity index (χ4n) is 3.82. The molecule has 0 saturated heterocycles. The van der Waals surface area contributed by atoms with Crippen LogP contribution in [0, 0.1) is 0 Å². The van der Waals surface area contributed by atoms with Gasteiger partial charge in [0.1, 0.15) is 0 Å². The molecule has 0 aliphatic rings. The summed E-state index contributed by atoms with van der Waals surface area (Å²) in [5, 5.41) is 11.7. The summed E-state index contributed by atoms with van der Waals surface area (Å²) in [6, 6.07) is 19.7. The fourth-order valence-corrected chi connectivity index (χ4v) is 4.81. The predicted molar refractivity (Wildman–Crippen MR) is 155 cm³/mol. The summed E-state index contributed by atoms with van der Waals surface area (Å²) in [7, 11) is 0. The number of rotatable bonds is 10. The Hall–Kier alpha value is -3.90. The number of H-pyrrole nitrogens is 1. The number of carbonyl (C=O) groups excluding carboxylic acids is 1. The van der Waals surface area contributed by atoms with E-state index in [1.54, 1.807) is 18.0 Å². The Balaban J connectivity index is 1.42. The molecule has 1 amide bonds. The van der Waals surface area contributed by atoms with Crippen molar-refractivity contribution >= 4 is 40.7 Å². The third-order valence-electron chi connectivity index (χ3n) is 5.83. The van der Waals surface area contributed by atoms with Gasteiger partial charge in [-0.2, -0.15) is 5.10 Å². The Kier molecular flexibility index (Phi) is 9.11. The summed E-state index contributed by atoms with van der Waals surface area (Å²) in [5.41, 5.74) is 5.98. The van der Waals surface area contributed by atoms with Crippen molar-refractivity contribution in [1.29, 1.82) is 0 Å². The Morgan fingerprint density at radius 2 is 1.84 bits per heavy atom. The first-order valence-corrected chi connectivity index (χ1v) is 13.2. The number of benzene rings is 2. The summed E-state index contributed by atoms with van der Waals surface area (Å²) in [6.07, 6.45) is 12.1. The zero-order valence-electron chi connectivity index (χ0n) is 21.5. The van der Waals surface area contributed by atoms with Crippen molar-refractivity contribution in [2.45, 2.75) is 43.4 Å². The molecule has 0 atom stereocenters. The maximum absolute atomic E-state index is 13.0. The number of aromatic amines is 1. The first-order valence-electron chi connectivity index (χ1n) is 12.4. The molecule has 2 aromatic heterocycles. The van der Waals surface area contributed by atoms with Gasteiger partial charge in [0.15, 0.2) is 0 Å². The number of nitrogens with zero attached hydrogens (tertiary/aromatic N) is 2. The van der Waals surface area contributed by atoms with E-state index in [4.69, 9.17) is 0 Å². The third-order valence-corrected chi connectivity index (χ3v) is 6.89. The maximum Gasteiger partial charge on any atom is 0.252 e. The molecule has 2 N–H and O–H groups in total. The van der Waals surface area contributed by atoms with Crippen LogP contribution in [0.4, 0.5) is 0 Å². The van der Waals surface area contributed by atoms with Crippen LogP contribution >= 0.6 is 11.8 Å². The van der Waals surface area contributed by atoms with Gasteiger partial charge in [-0.15, -0.1) is 0 Å². The van der Waals surface area contributed by atoms with Crippen molar-refractivity contribution < 1.29 is 4.79 Å². The summed E-state index contributed by atoms with van der Waals surface area (Å²) in [4.78, 5) is 19.2. The van der Waals surface area contributed by atoms with E-state index < -0.39 is 0 Å². The fraction of sp³-hybridized carbons (Fsp3) is 0.194. The van der Waals surface area contributed by atoms with E-state index in [9.17, 15) is 4.79 Å². The lowest BCUT2D eigenvalue weighted by Gasteiger charge is -2.09. The molecule has 2 aromatic carbocycles. The average Bonchev–Trinajstić information content (AvgIpc) is 3.30. The third kappa shape index (κ3) is 7.54. The molecule has 0 fully saturated rings. The summed E-state index contributed by atoms with van der Waals surface area (Å²) in [6.45, 7) is 6.86. The lowest BCUT2D eigenvalue weighted by Crippen LogP contribution is -2.24. The molecule has 188 valence electrons. The molecular weight excluding hydrogens is 476 g/mol. The predicted octanol–water partition coefficient (Wildman–Crippen LogP) is 7.70. The normalized spacial score (nSPS) is 11.7. The highest BCUT2D eigenvalue weighted by Gasteiger charge is 2.12. The summed E-state index contributed by atoms with van der Waals surface area (Å²) >= 11 is 1.57. The average molecular weight is 509 g/mol. The van der Waals surface area contributed by atoms with Gasteiger partial charge in [-0.25, -0.2) is 0 Å². The molecule has 0 bridgehead atoms. The minimum absolute atomic E-state index is 0.0685. The number of hydrogen-bond acceptors (Lipinski definition) is 4. The number of fused-ring (bicyclic) bond motifs is 1. The van der Waals surface area contributed by atoms with Gasteiger partial charge >= 0.3 is 0 Å². The molecule has 4 aromatic rings. The monoisotopic (exact) mass is 508 g/mol. The smallest absolute Gasteiger partial charge is 0.252 e. The van der Waals surface area contributed by atoms with Crippen LogP contribution in [0.25, 0.3) is 23.1 Å². The zero-order chi connectivity index (χ0) is 26.0. The van der Waals surface area contributed by atoms with E-state index in [1.807, 2.05) is 54.6 Å². The van der Waals surface area contributed by atoms with Gasteiger partial charge in [-0.1, -0.05) is 53.3 Å². The van der Waals surface area contributed by atoms with E-state index in [1.165, 1.54) is 11.1 Å². The second kappa shape index (κ2) is 12.9. The molecule has 4 rings (SSSR count). The Bertz CT molecular complexity index is 1450. The molecule has 37 heavy (non-hydrogen) atoms. The molecule has 0 aliphatic carbocycles. The van der Waals surface area contributed by atoms with Gasteiger partial charge in [-0.05, 0) is 88.2 Å². The first-order chi connectivity index (χ1) is 18.0. The van der Waals surface area contributed by atoms with Gasteiger partial charge in [0, 0.05) is 27.9 Å². The number of aromatic nitrogens is 3. The Morgan fingerprint density at radius 3 is 2.65 bits per heavy atom. The number of pyridine rings is 1. The minimum Gasteiger partial charge on any atom is -0.349 e. The largest absolute Gasteiger partial charge is 0.349 e. The zero-order valence-corrected chi connectivity index (χ0v) is 22.3. The van der Waals surface area contributed by atoms with E-state index in [-0.39, 0.29) is 5.91 Å². The number of nitrogens with one attached hydrogen (secondary N) is 2. The standard InChI is InChI=1S/C31H32N4OS/c1-22(2)9-8-10-23(3)18-20-33-31(36)27-12-4-5-13-30(27)37-25-15-16-26-28(34-35-29(26)21-25)17-14-24-11-6-7-19-32-24/h4-7,9,11-19,21H,8,10,20H2,1-3H3,(H,33,36)(H,34,35)/b17-14+,23-18+. The van der Waals surface area contributed by atoms with Gasteiger partial charge < -0.3 is 5.32 Å². The topological polar surface area (TPSA) is 70.7 Å². The molecule has 5 nitrogen and oxygen atoms in total. The van der Waals surface area contributed by atoms with Crippen molar-refractivity contribution in [2.75, 3.05) is 6.54 Å². The molecule has 6 heteroatoms. The van der Waals surface area contributed by atoms with E-state index in [0.717, 1.165) is 44.9 Å². The molecule has 0 spiro atoms. The maximum atomic E-state index is 13.0. The van der Waals surface area contributed by atoms with Gasteiger partial charge in [0.2, 0.25) is 0 Å². The van der Waals surface area contributed by atoms with Crippen LogP contribution in [0.5, 0.6) is 0 Å². The Labute approximate surface area is 222 Å². The second-order valence-electron chi connectivity index (χ2n) is 9.08. The van der Waals surface area contributed by atoms with Crippen molar-refractivity contribution in [3.63, 3.8) is 0 Å². The van der Waals surface area contributed by atoms with Crippen molar-refractivity contribution in [3.05, 3.63) is 107 Å². The summed E-state index contributed by atoms with van der Waals surface area (Å²) < 4.78 is 0. The summed E-state index contributed by atoms with van der Waals surface area (Å²) in [5.74, 6) is -0.0685. The number of amides is 1. The van der Waals surface area contributed by atoms with Crippen molar-refractivity contribution in [3.8, 4) is 0 Å². The SMILES string of the molecule is CC(C)=CCC/C(C)=C/CNC(=O)c1ccccc1Sc1ccc2c(/C=C/c3ccccn3)n[nH]c2c1.